The van der Waals surface area contributed by atoms with Crippen molar-refractivity contribution in [1.29, 1.82) is 0 Å². The fourth-order valence-corrected chi connectivity index (χ4v) is 3.67. The zero-order valence-corrected chi connectivity index (χ0v) is 13.1. The maximum absolute atomic E-state index is 13.4. The smallest absolute Gasteiger partial charge is 0.207 e. The predicted molar refractivity (Wildman–Crippen MR) is 73.4 cm³/mol. The normalized spacial score (nSPS) is 13.9. The summed E-state index contributed by atoms with van der Waals surface area (Å²) in [5, 5.41) is 0. The van der Waals surface area contributed by atoms with Gasteiger partial charge < -0.3 is 0 Å². The second-order valence-electron chi connectivity index (χ2n) is 4.04. The van der Waals surface area contributed by atoms with E-state index in [1.807, 2.05) is 13.8 Å². The molecule has 0 aliphatic rings. The maximum Gasteiger partial charge on any atom is 0.243 e. The Morgan fingerprint density at radius 2 is 2.00 bits per heavy atom. The van der Waals surface area contributed by atoms with Crippen LogP contribution < -0.4 is 0 Å². The highest BCUT2D eigenvalue weighted by molar-refractivity contribution is 9.10. The van der Waals surface area contributed by atoms with E-state index >= 15 is 0 Å². The van der Waals surface area contributed by atoms with Crippen LogP contribution in [-0.2, 0) is 10.0 Å². The summed E-state index contributed by atoms with van der Waals surface area (Å²) in [6.45, 7) is 5.91. The Balaban J connectivity index is 3.23. The molecule has 1 rings (SSSR count). The molecule has 0 N–H and O–H groups in total. The Labute approximate surface area is 116 Å². The average Bonchev–Trinajstić information content (AvgIpc) is 2.32. The van der Waals surface area contributed by atoms with E-state index in [4.69, 9.17) is 0 Å². The summed E-state index contributed by atoms with van der Waals surface area (Å²) >= 11 is 3.01. The van der Waals surface area contributed by atoms with Crippen molar-refractivity contribution in [3.05, 3.63) is 28.5 Å². The molecule has 1 aromatic rings. The van der Waals surface area contributed by atoms with Gasteiger partial charge in [0.25, 0.3) is 0 Å². The van der Waals surface area contributed by atoms with Crippen LogP contribution >= 0.6 is 15.9 Å². The molecule has 0 radical (unpaired) electrons. The van der Waals surface area contributed by atoms with Gasteiger partial charge in [0.15, 0.2) is 0 Å². The van der Waals surface area contributed by atoms with Crippen molar-refractivity contribution >= 4 is 26.0 Å². The summed E-state index contributed by atoms with van der Waals surface area (Å²) in [5.74, 6) is -0.573. The Bertz CT molecular complexity index is 519. The number of rotatable bonds is 5. The first-order valence-corrected chi connectivity index (χ1v) is 8.04. The molecule has 1 atom stereocenters. The molecule has 0 saturated carbocycles. The first-order chi connectivity index (χ1) is 8.34. The van der Waals surface area contributed by atoms with Gasteiger partial charge in [-0.15, -0.1) is 0 Å². The van der Waals surface area contributed by atoms with Crippen LogP contribution in [0.5, 0.6) is 0 Å². The molecule has 0 saturated heterocycles. The third kappa shape index (κ3) is 3.10. The molecule has 0 aliphatic carbocycles. The van der Waals surface area contributed by atoms with Crippen LogP contribution in [0.15, 0.2) is 27.6 Å². The molecule has 0 heterocycles. The van der Waals surface area contributed by atoms with E-state index in [0.717, 1.165) is 6.07 Å². The van der Waals surface area contributed by atoms with Gasteiger partial charge >= 0.3 is 0 Å². The molecule has 1 aromatic carbocycles. The first kappa shape index (κ1) is 15.6. The Hall–Kier alpha value is -0.460. The van der Waals surface area contributed by atoms with E-state index < -0.39 is 15.8 Å². The molecule has 0 spiro atoms. The van der Waals surface area contributed by atoms with Gasteiger partial charge in [-0.2, -0.15) is 4.31 Å². The monoisotopic (exact) mass is 337 g/mol. The largest absolute Gasteiger partial charge is 0.243 e. The van der Waals surface area contributed by atoms with Gasteiger partial charge in [-0.05, 0) is 47.5 Å². The van der Waals surface area contributed by atoms with Gasteiger partial charge in [-0.1, -0.05) is 13.8 Å². The van der Waals surface area contributed by atoms with Crippen molar-refractivity contribution in [2.45, 2.75) is 38.1 Å². The van der Waals surface area contributed by atoms with Crippen LogP contribution in [0.25, 0.3) is 0 Å². The molecular formula is C12H17BrFNO2S. The van der Waals surface area contributed by atoms with Crippen molar-refractivity contribution < 1.29 is 12.8 Å². The van der Waals surface area contributed by atoms with Crippen molar-refractivity contribution in [3.63, 3.8) is 0 Å². The summed E-state index contributed by atoms with van der Waals surface area (Å²) in [7, 11) is -3.63. The van der Waals surface area contributed by atoms with Crippen LogP contribution in [0.1, 0.15) is 27.2 Å². The first-order valence-electron chi connectivity index (χ1n) is 5.81. The van der Waals surface area contributed by atoms with Gasteiger partial charge in [-0.25, -0.2) is 12.8 Å². The molecule has 0 amide bonds. The molecule has 1 unspecified atom stereocenters. The predicted octanol–water partition coefficient (Wildman–Crippen LogP) is 3.40. The van der Waals surface area contributed by atoms with E-state index in [9.17, 15) is 12.8 Å². The van der Waals surface area contributed by atoms with Crippen LogP contribution in [-0.4, -0.2) is 25.3 Å². The van der Waals surface area contributed by atoms with Crippen LogP contribution in [0, 0.1) is 5.82 Å². The van der Waals surface area contributed by atoms with E-state index in [0.29, 0.717) is 13.0 Å². The molecule has 0 aromatic heterocycles. The lowest BCUT2D eigenvalue weighted by atomic mass is 10.3. The highest BCUT2D eigenvalue weighted by Crippen LogP contribution is 2.23. The quantitative estimate of drug-likeness (QED) is 0.825. The Morgan fingerprint density at radius 3 is 2.44 bits per heavy atom. The van der Waals surface area contributed by atoms with E-state index in [2.05, 4.69) is 15.9 Å². The lowest BCUT2D eigenvalue weighted by Gasteiger charge is -2.26. The van der Waals surface area contributed by atoms with Gasteiger partial charge in [0, 0.05) is 12.6 Å². The van der Waals surface area contributed by atoms with E-state index in [1.165, 1.54) is 16.4 Å². The summed E-state index contributed by atoms with van der Waals surface area (Å²) < 4.78 is 39.8. The lowest BCUT2D eigenvalue weighted by Crippen LogP contribution is -2.38. The molecule has 0 aliphatic heterocycles. The number of benzene rings is 1. The molecule has 0 fully saturated rings. The summed E-state index contributed by atoms with van der Waals surface area (Å²) in [6.07, 6.45) is 0.714. The molecule has 18 heavy (non-hydrogen) atoms. The van der Waals surface area contributed by atoms with E-state index in [1.54, 1.807) is 6.92 Å². The Morgan fingerprint density at radius 1 is 1.39 bits per heavy atom. The standard InChI is InChI=1S/C12H17BrFNO2S/c1-4-9(3)15(5-2)18(16,17)10-6-7-11(13)12(14)8-10/h6-9H,4-5H2,1-3H3. The summed E-state index contributed by atoms with van der Waals surface area (Å²) in [6, 6.07) is 3.76. The van der Waals surface area contributed by atoms with Crippen molar-refractivity contribution in [2.75, 3.05) is 6.54 Å². The lowest BCUT2D eigenvalue weighted by molar-refractivity contribution is 0.342. The minimum absolute atomic E-state index is 0.00894. The molecule has 6 heteroatoms. The highest BCUT2D eigenvalue weighted by Gasteiger charge is 2.27. The second-order valence-corrected chi connectivity index (χ2v) is 6.79. The number of nitrogens with zero attached hydrogens (tertiary/aromatic N) is 1. The van der Waals surface area contributed by atoms with Gasteiger partial charge in [-0.3, -0.25) is 0 Å². The highest BCUT2D eigenvalue weighted by atomic mass is 79.9. The Kier molecular flexibility index (Phi) is 5.31. The molecular weight excluding hydrogens is 321 g/mol. The number of halogens is 2. The maximum atomic E-state index is 13.4. The van der Waals surface area contributed by atoms with Crippen molar-refractivity contribution in [2.24, 2.45) is 0 Å². The van der Waals surface area contributed by atoms with Crippen LogP contribution in [0.4, 0.5) is 4.39 Å². The molecule has 3 nitrogen and oxygen atoms in total. The van der Waals surface area contributed by atoms with Crippen molar-refractivity contribution in [1.82, 2.24) is 4.31 Å². The molecule has 0 bridgehead atoms. The van der Waals surface area contributed by atoms with Gasteiger partial charge in [0.1, 0.15) is 5.82 Å². The summed E-state index contributed by atoms with van der Waals surface area (Å²) in [4.78, 5) is -0.00894. The van der Waals surface area contributed by atoms with Crippen LogP contribution in [0.2, 0.25) is 0 Å². The fourth-order valence-electron chi connectivity index (χ4n) is 1.69. The molecule has 102 valence electrons. The third-order valence-electron chi connectivity index (χ3n) is 2.89. The van der Waals surface area contributed by atoms with Crippen LogP contribution in [0.3, 0.4) is 0 Å². The number of hydrogen-bond acceptors (Lipinski definition) is 2. The van der Waals surface area contributed by atoms with Gasteiger partial charge in [0.2, 0.25) is 10.0 Å². The topological polar surface area (TPSA) is 37.4 Å². The minimum Gasteiger partial charge on any atom is -0.207 e. The number of hydrogen-bond donors (Lipinski definition) is 0. The fraction of sp³-hybridized carbons (Fsp3) is 0.500. The zero-order chi connectivity index (χ0) is 13.9. The SMILES string of the molecule is CCC(C)N(CC)S(=O)(=O)c1ccc(Br)c(F)c1. The summed E-state index contributed by atoms with van der Waals surface area (Å²) in [5.41, 5.74) is 0. The number of sulfonamides is 1. The third-order valence-corrected chi connectivity index (χ3v) is 5.62. The average molecular weight is 338 g/mol. The minimum atomic E-state index is -3.63. The van der Waals surface area contributed by atoms with Gasteiger partial charge in [0.05, 0.1) is 9.37 Å². The zero-order valence-electron chi connectivity index (χ0n) is 10.7. The second kappa shape index (κ2) is 6.12. The van der Waals surface area contributed by atoms with E-state index in [-0.39, 0.29) is 15.4 Å². The van der Waals surface area contributed by atoms with Crippen molar-refractivity contribution in [3.8, 4) is 0 Å².